The van der Waals surface area contributed by atoms with E-state index >= 15 is 0 Å². The summed E-state index contributed by atoms with van der Waals surface area (Å²) in [4.78, 5) is 13.5. The van der Waals surface area contributed by atoms with Crippen molar-refractivity contribution >= 4 is 17.0 Å². The van der Waals surface area contributed by atoms with Crippen LogP contribution in [0.2, 0.25) is 0 Å². The van der Waals surface area contributed by atoms with Crippen LogP contribution in [0.5, 0.6) is 0 Å². The fourth-order valence-corrected chi connectivity index (χ4v) is 3.78. The normalized spacial score (nSPS) is 11.8. The molecule has 2 aromatic heterocycles. The summed E-state index contributed by atoms with van der Waals surface area (Å²) in [5, 5.41) is 6.79. The van der Waals surface area contributed by atoms with Gasteiger partial charge in [-0.2, -0.15) is 0 Å². The van der Waals surface area contributed by atoms with Gasteiger partial charge in [0.1, 0.15) is 5.82 Å². The largest absolute Gasteiger partial charge is 0.357 e. The van der Waals surface area contributed by atoms with Crippen molar-refractivity contribution in [1.29, 1.82) is 0 Å². The van der Waals surface area contributed by atoms with Gasteiger partial charge in [-0.05, 0) is 43.5 Å². The number of aliphatic imine (C=N–C) groups is 1. The highest BCUT2D eigenvalue weighted by Gasteiger charge is 2.06. The van der Waals surface area contributed by atoms with Crippen molar-refractivity contribution in [2.45, 2.75) is 39.9 Å². The quantitative estimate of drug-likeness (QED) is 0.242. The fourth-order valence-electron chi connectivity index (χ4n) is 3.78. The van der Waals surface area contributed by atoms with Gasteiger partial charge < -0.3 is 19.8 Å². The standard InChI is InChI=1S/C25H31N7/c1-3-27-25(28-13-6-15-32-20(2)30-23-7-4-5-8-24(23)32)29-17-21-9-11-22(12-10-21)18-31-16-14-26-19-31/h4-5,7-12,14,16,19H,3,6,13,15,17-18H2,1-2H3,(H2,27,28,29). The van der Waals surface area contributed by atoms with E-state index in [4.69, 9.17) is 4.99 Å². The first-order valence-electron chi connectivity index (χ1n) is 11.2. The molecule has 7 nitrogen and oxygen atoms in total. The highest BCUT2D eigenvalue weighted by atomic mass is 15.2. The van der Waals surface area contributed by atoms with E-state index in [0.717, 1.165) is 49.9 Å². The van der Waals surface area contributed by atoms with Gasteiger partial charge >= 0.3 is 0 Å². The maximum Gasteiger partial charge on any atom is 0.191 e. The highest BCUT2D eigenvalue weighted by Crippen LogP contribution is 2.15. The number of hydrogen-bond acceptors (Lipinski definition) is 3. The summed E-state index contributed by atoms with van der Waals surface area (Å²) < 4.78 is 4.35. The Morgan fingerprint density at radius 1 is 1.03 bits per heavy atom. The number of nitrogens with one attached hydrogen (secondary N) is 2. The topological polar surface area (TPSA) is 72.1 Å². The number of hydrogen-bond donors (Lipinski definition) is 2. The second-order valence-electron chi connectivity index (χ2n) is 7.83. The molecule has 0 atom stereocenters. The maximum atomic E-state index is 4.75. The molecule has 4 rings (SSSR count). The van der Waals surface area contributed by atoms with Crippen molar-refractivity contribution < 1.29 is 0 Å². The predicted molar refractivity (Wildman–Crippen MR) is 130 cm³/mol. The van der Waals surface area contributed by atoms with Gasteiger partial charge in [-0.15, -0.1) is 0 Å². The first-order valence-corrected chi connectivity index (χ1v) is 11.2. The summed E-state index contributed by atoms with van der Waals surface area (Å²) in [6, 6.07) is 16.9. The number of benzene rings is 2. The van der Waals surface area contributed by atoms with Crippen LogP contribution in [-0.2, 0) is 19.6 Å². The van der Waals surface area contributed by atoms with Crippen LogP contribution in [0, 0.1) is 6.92 Å². The Morgan fingerprint density at radius 3 is 2.62 bits per heavy atom. The molecule has 0 saturated heterocycles. The van der Waals surface area contributed by atoms with Crippen molar-refractivity contribution in [1.82, 2.24) is 29.7 Å². The minimum absolute atomic E-state index is 0.645. The Balaban J connectivity index is 1.28. The third-order valence-electron chi connectivity index (χ3n) is 5.41. The Kier molecular flexibility index (Phi) is 7.17. The molecule has 2 N–H and O–H groups in total. The lowest BCUT2D eigenvalue weighted by Gasteiger charge is -2.12. The van der Waals surface area contributed by atoms with E-state index in [0.29, 0.717) is 6.54 Å². The van der Waals surface area contributed by atoms with Gasteiger partial charge in [0, 0.05) is 38.6 Å². The molecule has 7 heteroatoms. The molecule has 0 aliphatic rings. The maximum absolute atomic E-state index is 4.75. The number of imidazole rings is 2. The van der Waals surface area contributed by atoms with Gasteiger partial charge in [0.25, 0.3) is 0 Å². The molecule has 4 aromatic rings. The van der Waals surface area contributed by atoms with E-state index in [9.17, 15) is 0 Å². The lowest BCUT2D eigenvalue weighted by Crippen LogP contribution is -2.38. The Bertz CT molecular complexity index is 1140. The zero-order valence-corrected chi connectivity index (χ0v) is 18.8. The number of nitrogens with zero attached hydrogens (tertiary/aromatic N) is 5. The lowest BCUT2D eigenvalue weighted by atomic mass is 10.1. The summed E-state index contributed by atoms with van der Waals surface area (Å²) in [6.45, 7) is 8.24. The zero-order chi connectivity index (χ0) is 22.2. The summed E-state index contributed by atoms with van der Waals surface area (Å²) >= 11 is 0. The Hall–Kier alpha value is -3.61. The van der Waals surface area contributed by atoms with Crippen LogP contribution in [0.3, 0.4) is 0 Å². The Labute approximate surface area is 189 Å². The average Bonchev–Trinajstić information content (AvgIpc) is 3.43. The molecule has 0 saturated carbocycles. The number of aromatic nitrogens is 4. The van der Waals surface area contributed by atoms with Gasteiger partial charge in [-0.1, -0.05) is 36.4 Å². The van der Waals surface area contributed by atoms with Crippen LogP contribution in [-0.4, -0.2) is 38.2 Å². The van der Waals surface area contributed by atoms with Crippen LogP contribution in [0.25, 0.3) is 11.0 Å². The van der Waals surface area contributed by atoms with Crippen molar-refractivity contribution in [3.8, 4) is 0 Å². The molecule has 2 heterocycles. The van der Waals surface area contributed by atoms with Gasteiger partial charge in [0.2, 0.25) is 0 Å². The van der Waals surface area contributed by atoms with E-state index in [-0.39, 0.29) is 0 Å². The molecule has 0 spiro atoms. The van der Waals surface area contributed by atoms with Crippen LogP contribution >= 0.6 is 0 Å². The molecule has 0 bridgehead atoms. The molecule has 166 valence electrons. The molecule has 0 radical (unpaired) electrons. The zero-order valence-electron chi connectivity index (χ0n) is 18.8. The van der Waals surface area contributed by atoms with Crippen molar-refractivity contribution in [3.05, 3.63) is 84.2 Å². The van der Waals surface area contributed by atoms with E-state index < -0.39 is 0 Å². The number of rotatable bonds is 9. The van der Waals surface area contributed by atoms with E-state index in [2.05, 4.69) is 86.0 Å². The molecule has 32 heavy (non-hydrogen) atoms. The molecule has 0 aliphatic heterocycles. The fraction of sp³-hybridized carbons (Fsp3) is 0.320. The molecular formula is C25H31N7. The van der Waals surface area contributed by atoms with E-state index in [1.54, 1.807) is 6.20 Å². The molecule has 0 unspecified atom stereocenters. The third-order valence-corrected chi connectivity index (χ3v) is 5.41. The van der Waals surface area contributed by atoms with Crippen LogP contribution in [0.4, 0.5) is 0 Å². The monoisotopic (exact) mass is 429 g/mol. The van der Waals surface area contributed by atoms with E-state index in [1.807, 2.05) is 18.6 Å². The molecule has 0 aliphatic carbocycles. The summed E-state index contributed by atoms with van der Waals surface area (Å²) in [5.41, 5.74) is 4.70. The lowest BCUT2D eigenvalue weighted by molar-refractivity contribution is 0.624. The second kappa shape index (κ2) is 10.6. The molecule has 2 aromatic carbocycles. The first-order chi connectivity index (χ1) is 15.7. The second-order valence-corrected chi connectivity index (χ2v) is 7.83. The average molecular weight is 430 g/mol. The van der Waals surface area contributed by atoms with Gasteiger partial charge in [0.15, 0.2) is 5.96 Å². The van der Waals surface area contributed by atoms with Gasteiger partial charge in [0.05, 0.1) is 23.9 Å². The van der Waals surface area contributed by atoms with Crippen molar-refractivity contribution in [2.75, 3.05) is 13.1 Å². The minimum Gasteiger partial charge on any atom is -0.357 e. The first kappa shape index (κ1) is 21.6. The number of guanidine groups is 1. The van der Waals surface area contributed by atoms with Crippen LogP contribution < -0.4 is 10.6 Å². The SMILES string of the molecule is CCNC(=NCc1ccc(Cn2ccnc2)cc1)NCCCn1c(C)nc2ccccc21. The van der Waals surface area contributed by atoms with Crippen molar-refractivity contribution in [3.63, 3.8) is 0 Å². The van der Waals surface area contributed by atoms with Gasteiger partial charge in [-0.3, -0.25) is 0 Å². The molecular weight excluding hydrogens is 398 g/mol. The number of fused-ring (bicyclic) bond motifs is 1. The number of para-hydroxylation sites is 2. The highest BCUT2D eigenvalue weighted by molar-refractivity contribution is 5.79. The molecule has 0 fully saturated rings. The molecule has 0 amide bonds. The smallest absolute Gasteiger partial charge is 0.191 e. The minimum atomic E-state index is 0.645. The van der Waals surface area contributed by atoms with Crippen molar-refractivity contribution in [2.24, 2.45) is 4.99 Å². The predicted octanol–water partition coefficient (Wildman–Crippen LogP) is 3.73. The summed E-state index contributed by atoms with van der Waals surface area (Å²) in [6.07, 6.45) is 6.61. The number of aryl methyl sites for hydroxylation is 2. The van der Waals surface area contributed by atoms with Crippen LogP contribution in [0.1, 0.15) is 30.3 Å². The van der Waals surface area contributed by atoms with E-state index in [1.165, 1.54) is 16.6 Å². The van der Waals surface area contributed by atoms with Gasteiger partial charge in [-0.25, -0.2) is 15.0 Å². The Morgan fingerprint density at radius 2 is 1.84 bits per heavy atom. The van der Waals surface area contributed by atoms with Crippen LogP contribution in [0.15, 0.2) is 72.2 Å². The third kappa shape index (κ3) is 5.55. The summed E-state index contributed by atoms with van der Waals surface area (Å²) in [7, 11) is 0. The summed E-state index contributed by atoms with van der Waals surface area (Å²) in [5.74, 6) is 1.91.